The molecular formula is C16H20N2O4S. The van der Waals surface area contributed by atoms with Crippen molar-refractivity contribution in [3.05, 3.63) is 36.1 Å². The Bertz CT molecular complexity index is 779. The summed E-state index contributed by atoms with van der Waals surface area (Å²) in [6, 6.07) is 8.99. The van der Waals surface area contributed by atoms with Gasteiger partial charge in [0.05, 0.1) is 17.5 Å². The number of nitrogens with one attached hydrogen (secondary N) is 2. The molecular weight excluding hydrogens is 316 g/mol. The lowest BCUT2D eigenvalue weighted by Crippen LogP contribution is -2.39. The molecule has 1 fully saturated rings. The zero-order valence-corrected chi connectivity index (χ0v) is 13.7. The molecule has 2 atom stereocenters. The summed E-state index contributed by atoms with van der Waals surface area (Å²) in [5, 5.41) is 6.54. The van der Waals surface area contributed by atoms with E-state index in [4.69, 9.17) is 4.42 Å². The summed E-state index contributed by atoms with van der Waals surface area (Å²) in [6.07, 6.45) is 0.613. The van der Waals surface area contributed by atoms with Crippen molar-refractivity contribution in [3.8, 4) is 0 Å². The Hall–Kier alpha value is -2.02. The third kappa shape index (κ3) is 3.85. The van der Waals surface area contributed by atoms with E-state index >= 15 is 0 Å². The van der Waals surface area contributed by atoms with E-state index in [9.17, 15) is 13.2 Å². The molecule has 0 aliphatic carbocycles. The maximum Gasteiger partial charge on any atom is 0.315 e. The molecule has 23 heavy (non-hydrogen) atoms. The summed E-state index contributed by atoms with van der Waals surface area (Å²) >= 11 is 0. The zero-order chi connectivity index (χ0) is 16.4. The van der Waals surface area contributed by atoms with Crippen LogP contribution in [0.3, 0.4) is 0 Å². The minimum Gasteiger partial charge on any atom is -0.459 e. The summed E-state index contributed by atoms with van der Waals surface area (Å²) in [5.74, 6) is 1.07. The Morgan fingerprint density at radius 2 is 2.17 bits per heavy atom. The summed E-state index contributed by atoms with van der Waals surface area (Å²) < 4.78 is 28.5. The monoisotopic (exact) mass is 336 g/mol. The Morgan fingerprint density at radius 3 is 2.87 bits per heavy atom. The van der Waals surface area contributed by atoms with Crippen molar-refractivity contribution >= 4 is 26.8 Å². The highest BCUT2D eigenvalue weighted by Gasteiger charge is 2.28. The normalized spacial score (nSPS) is 21.2. The van der Waals surface area contributed by atoms with E-state index in [-0.39, 0.29) is 29.5 Å². The first-order valence-corrected chi connectivity index (χ1v) is 9.48. The number of benzene rings is 1. The number of fused-ring (bicyclic) bond motifs is 1. The number of furan rings is 1. The van der Waals surface area contributed by atoms with Crippen molar-refractivity contribution in [3.63, 3.8) is 0 Å². The fourth-order valence-corrected chi connectivity index (χ4v) is 4.67. The van der Waals surface area contributed by atoms with Gasteiger partial charge in [0.15, 0.2) is 9.84 Å². The van der Waals surface area contributed by atoms with Crippen LogP contribution in [0.2, 0.25) is 0 Å². The van der Waals surface area contributed by atoms with Crippen molar-refractivity contribution in [2.45, 2.75) is 19.4 Å². The van der Waals surface area contributed by atoms with Gasteiger partial charge in [0.2, 0.25) is 0 Å². The van der Waals surface area contributed by atoms with E-state index in [2.05, 4.69) is 10.6 Å². The molecule has 2 aromatic rings. The van der Waals surface area contributed by atoms with Gasteiger partial charge in [-0.25, -0.2) is 13.2 Å². The average Bonchev–Trinajstić information content (AvgIpc) is 3.08. The predicted octanol–water partition coefficient (Wildman–Crippen LogP) is 2.23. The second kappa shape index (κ2) is 6.23. The maximum atomic E-state index is 11.9. The third-order valence-electron chi connectivity index (χ3n) is 4.10. The number of sulfone groups is 1. The van der Waals surface area contributed by atoms with E-state index in [0.29, 0.717) is 18.7 Å². The van der Waals surface area contributed by atoms with Crippen LogP contribution < -0.4 is 10.6 Å². The topological polar surface area (TPSA) is 88.4 Å². The van der Waals surface area contributed by atoms with E-state index < -0.39 is 9.84 Å². The SMILES string of the molecule is CC(NC(=O)NCC1CCS(=O)(=O)C1)c1cc2ccccc2o1. The number of carbonyl (C=O) groups is 1. The van der Waals surface area contributed by atoms with Gasteiger partial charge in [-0.05, 0) is 31.4 Å². The summed E-state index contributed by atoms with van der Waals surface area (Å²) in [6.45, 7) is 2.22. The molecule has 2 unspecified atom stereocenters. The van der Waals surface area contributed by atoms with Crippen molar-refractivity contribution in [2.24, 2.45) is 5.92 Å². The van der Waals surface area contributed by atoms with Gasteiger partial charge in [-0.3, -0.25) is 0 Å². The lowest BCUT2D eigenvalue weighted by atomic mass is 10.1. The molecule has 2 amide bonds. The van der Waals surface area contributed by atoms with E-state index in [1.54, 1.807) is 0 Å². The number of hydrogen-bond donors (Lipinski definition) is 2. The van der Waals surface area contributed by atoms with E-state index in [1.165, 1.54) is 0 Å². The summed E-state index contributed by atoms with van der Waals surface area (Å²) in [5.41, 5.74) is 0.785. The summed E-state index contributed by atoms with van der Waals surface area (Å²) in [7, 11) is -2.91. The van der Waals surface area contributed by atoms with Crippen molar-refractivity contribution < 1.29 is 17.6 Å². The van der Waals surface area contributed by atoms with Gasteiger partial charge in [-0.2, -0.15) is 0 Å². The molecule has 1 aromatic carbocycles. The predicted molar refractivity (Wildman–Crippen MR) is 87.9 cm³/mol. The highest BCUT2D eigenvalue weighted by Crippen LogP contribution is 2.23. The second-order valence-corrected chi connectivity index (χ2v) is 8.26. The number of para-hydroxylation sites is 1. The first kappa shape index (κ1) is 15.9. The lowest BCUT2D eigenvalue weighted by molar-refractivity contribution is 0.235. The van der Waals surface area contributed by atoms with Crippen LogP contribution in [-0.2, 0) is 9.84 Å². The minimum absolute atomic E-state index is 0.00672. The second-order valence-electron chi connectivity index (χ2n) is 6.03. The van der Waals surface area contributed by atoms with Crippen molar-refractivity contribution in [1.29, 1.82) is 0 Å². The van der Waals surface area contributed by atoms with Gasteiger partial charge in [0.25, 0.3) is 0 Å². The Labute approximate surface area is 135 Å². The first-order chi connectivity index (χ1) is 10.9. The van der Waals surface area contributed by atoms with Crippen LogP contribution in [0.5, 0.6) is 0 Å². The molecule has 2 N–H and O–H groups in total. The average molecular weight is 336 g/mol. The number of carbonyl (C=O) groups excluding carboxylic acids is 1. The number of urea groups is 1. The summed E-state index contributed by atoms with van der Waals surface area (Å²) in [4.78, 5) is 11.9. The molecule has 0 radical (unpaired) electrons. The van der Waals surface area contributed by atoms with Crippen LogP contribution in [0.4, 0.5) is 4.79 Å². The molecule has 7 heteroatoms. The number of hydrogen-bond acceptors (Lipinski definition) is 4. The lowest BCUT2D eigenvalue weighted by Gasteiger charge is -2.14. The largest absolute Gasteiger partial charge is 0.459 e. The molecule has 2 heterocycles. The molecule has 124 valence electrons. The van der Waals surface area contributed by atoms with Gasteiger partial charge in [-0.1, -0.05) is 18.2 Å². The fourth-order valence-electron chi connectivity index (χ4n) is 2.80. The minimum atomic E-state index is -2.91. The van der Waals surface area contributed by atoms with Crippen LogP contribution >= 0.6 is 0 Å². The van der Waals surface area contributed by atoms with Gasteiger partial charge < -0.3 is 15.1 Å². The van der Waals surface area contributed by atoms with Gasteiger partial charge in [-0.15, -0.1) is 0 Å². The molecule has 1 aliphatic rings. The van der Waals surface area contributed by atoms with Gasteiger partial charge in [0.1, 0.15) is 11.3 Å². The maximum absolute atomic E-state index is 11.9. The van der Waals surface area contributed by atoms with Crippen LogP contribution in [0.1, 0.15) is 25.1 Å². The zero-order valence-electron chi connectivity index (χ0n) is 12.9. The molecule has 6 nitrogen and oxygen atoms in total. The van der Waals surface area contributed by atoms with Crippen molar-refractivity contribution in [2.75, 3.05) is 18.1 Å². The third-order valence-corrected chi connectivity index (χ3v) is 5.93. The number of rotatable bonds is 4. The van der Waals surface area contributed by atoms with Crippen LogP contribution in [0.25, 0.3) is 11.0 Å². The fraction of sp³-hybridized carbons (Fsp3) is 0.438. The molecule has 3 rings (SSSR count). The highest BCUT2D eigenvalue weighted by atomic mass is 32.2. The van der Waals surface area contributed by atoms with Crippen LogP contribution in [0, 0.1) is 5.92 Å². The molecule has 1 saturated heterocycles. The number of amides is 2. The van der Waals surface area contributed by atoms with Crippen LogP contribution in [0.15, 0.2) is 34.7 Å². The molecule has 0 spiro atoms. The Balaban J connectivity index is 1.53. The quantitative estimate of drug-likeness (QED) is 0.896. The first-order valence-electron chi connectivity index (χ1n) is 7.66. The molecule has 0 bridgehead atoms. The molecule has 1 aliphatic heterocycles. The molecule has 1 aromatic heterocycles. The molecule has 0 saturated carbocycles. The van der Waals surface area contributed by atoms with Gasteiger partial charge >= 0.3 is 6.03 Å². The van der Waals surface area contributed by atoms with E-state index in [0.717, 1.165) is 11.0 Å². The smallest absolute Gasteiger partial charge is 0.315 e. The van der Waals surface area contributed by atoms with Crippen LogP contribution in [-0.4, -0.2) is 32.5 Å². The highest BCUT2D eigenvalue weighted by molar-refractivity contribution is 7.91. The standard InChI is InChI=1S/C16H20N2O4S/c1-11(15-8-13-4-2-3-5-14(13)22-15)18-16(19)17-9-12-6-7-23(20,21)10-12/h2-5,8,11-12H,6-7,9-10H2,1H3,(H2,17,18,19). The van der Waals surface area contributed by atoms with Crippen molar-refractivity contribution in [1.82, 2.24) is 10.6 Å². The van der Waals surface area contributed by atoms with E-state index in [1.807, 2.05) is 37.3 Å². The van der Waals surface area contributed by atoms with Gasteiger partial charge in [0, 0.05) is 11.9 Å². The Kier molecular flexibility index (Phi) is 4.30. The Morgan fingerprint density at radius 1 is 1.39 bits per heavy atom.